The zero-order valence-electron chi connectivity index (χ0n) is 14.8. The van der Waals surface area contributed by atoms with Crippen LogP contribution in [-0.4, -0.2) is 25.2 Å². The van der Waals surface area contributed by atoms with Crippen molar-refractivity contribution in [2.24, 2.45) is 0 Å². The fraction of sp³-hybridized carbons (Fsp3) is 0.143. The molecule has 0 radical (unpaired) electrons. The molecule has 0 bridgehead atoms. The lowest BCUT2D eigenvalue weighted by Gasteiger charge is -1.97. The second-order valence-corrected chi connectivity index (χ2v) is 4.41. The Morgan fingerprint density at radius 3 is 1.84 bits per heavy atom. The zero-order valence-corrected chi connectivity index (χ0v) is 14.8. The van der Waals surface area contributed by atoms with Crippen LogP contribution in [-0.2, 0) is 19.1 Å². The van der Waals surface area contributed by atoms with Crippen molar-refractivity contribution in [3.63, 3.8) is 0 Å². The molecule has 1 rings (SSSR count). The lowest BCUT2D eigenvalue weighted by Crippen LogP contribution is -2.03. The van der Waals surface area contributed by atoms with Gasteiger partial charge in [-0.05, 0) is 12.5 Å². The highest BCUT2D eigenvalue weighted by molar-refractivity contribution is 5.86. The second kappa shape index (κ2) is 17.2. The van der Waals surface area contributed by atoms with Crippen molar-refractivity contribution in [3.05, 3.63) is 92.6 Å². The summed E-state index contributed by atoms with van der Waals surface area (Å²) in [6.07, 6.45) is 5.96. The molecule has 0 aliphatic heterocycles. The van der Waals surface area contributed by atoms with E-state index in [0.29, 0.717) is 5.57 Å². The summed E-state index contributed by atoms with van der Waals surface area (Å²) in [5.41, 5.74) is 1.59. The fourth-order valence-corrected chi connectivity index (χ4v) is 1.05. The molecule has 1 aromatic carbocycles. The van der Waals surface area contributed by atoms with Crippen molar-refractivity contribution < 1.29 is 19.1 Å². The summed E-state index contributed by atoms with van der Waals surface area (Å²) in [5.74, 6) is -0.778. The number of carbonyl (C=O) groups is 2. The van der Waals surface area contributed by atoms with Crippen molar-refractivity contribution in [2.75, 3.05) is 13.2 Å². The molecule has 0 atom stereocenters. The molecule has 4 nitrogen and oxygen atoms in total. The van der Waals surface area contributed by atoms with Crippen LogP contribution in [0.5, 0.6) is 0 Å². The van der Waals surface area contributed by atoms with Crippen molar-refractivity contribution in [2.45, 2.75) is 6.92 Å². The minimum absolute atomic E-state index is 0.255. The Morgan fingerprint density at radius 1 is 0.960 bits per heavy atom. The van der Waals surface area contributed by atoms with Crippen LogP contribution in [0.2, 0.25) is 0 Å². The Bertz CT molecular complexity index is 571. The molecule has 0 saturated heterocycles. The largest absolute Gasteiger partial charge is 0.458 e. The van der Waals surface area contributed by atoms with Crippen LogP contribution < -0.4 is 0 Å². The third kappa shape index (κ3) is 17.1. The van der Waals surface area contributed by atoms with Crippen molar-refractivity contribution >= 4 is 18.0 Å². The minimum atomic E-state index is -0.412. The number of hydrogen-bond acceptors (Lipinski definition) is 4. The molecule has 0 aliphatic carbocycles. The van der Waals surface area contributed by atoms with Gasteiger partial charge in [0.05, 0.1) is 0 Å². The minimum Gasteiger partial charge on any atom is -0.458 e. The fourth-order valence-electron chi connectivity index (χ4n) is 1.05. The summed E-state index contributed by atoms with van der Waals surface area (Å²) < 4.78 is 9.06. The first-order chi connectivity index (χ1) is 11.9. The summed E-state index contributed by atoms with van der Waals surface area (Å²) in [6, 6.07) is 10.0. The van der Waals surface area contributed by atoms with E-state index in [1.54, 1.807) is 6.92 Å². The van der Waals surface area contributed by atoms with Gasteiger partial charge in [-0.2, -0.15) is 0 Å². The van der Waals surface area contributed by atoms with Crippen molar-refractivity contribution in [3.8, 4) is 0 Å². The van der Waals surface area contributed by atoms with Crippen LogP contribution in [0.4, 0.5) is 0 Å². The molecule has 134 valence electrons. The van der Waals surface area contributed by atoms with Gasteiger partial charge >= 0.3 is 11.9 Å². The molecule has 1 aromatic rings. The lowest BCUT2D eigenvalue weighted by molar-refractivity contribution is -0.138. The molecule has 0 unspecified atom stereocenters. The van der Waals surface area contributed by atoms with E-state index in [-0.39, 0.29) is 19.2 Å². The Labute approximate surface area is 150 Å². The normalized spacial score (nSPS) is 8.04. The highest BCUT2D eigenvalue weighted by Gasteiger charge is 1.98. The smallest absolute Gasteiger partial charge is 0.333 e. The zero-order chi connectivity index (χ0) is 19.5. The monoisotopic (exact) mass is 342 g/mol. The Kier molecular flexibility index (Phi) is 16.6. The molecule has 0 spiro atoms. The molecular weight excluding hydrogens is 316 g/mol. The maximum atomic E-state index is 10.5. The topological polar surface area (TPSA) is 52.6 Å². The molecule has 25 heavy (non-hydrogen) atoms. The molecule has 0 aliphatic rings. The number of carbonyl (C=O) groups excluding carboxylic acids is 2. The van der Waals surface area contributed by atoms with E-state index < -0.39 is 5.97 Å². The first-order valence-electron chi connectivity index (χ1n) is 7.43. The van der Waals surface area contributed by atoms with E-state index in [4.69, 9.17) is 0 Å². The predicted molar refractivity (Wildman–Crippen MR) is 104 cm³/mol. The van der Waals surface area contributed by atoms with Gasteiger partial charge in [-0.25, -0.2) is 9.59 Å². The van der Waals surface area contributed by atoms with Crippen LogP contribution in [0.15, 0.2) is 87.0 Å². The molecule has 0 aromatic heterocycles. The first-order valence-corrected chi connectivity index (χ1v) is 7.43. The summed E-state index contributed by atoms with van der Waals surface area (Å²) in [5, 5.41) is 0. The second-order valence-electron chi connectivity index (χ2n) is 4.41. The first kappa shape index (κ1) is 24.1. The number of benzene rings is 1. The molecule has 4 heteroatoms. The van der Waals surface area contributed by atoms with E-state index >= 15 is 0 Å². The van der Waals surface area contributed by atoms with Gasteiger partial charge in [0.25, 0.3) is 0 Å². The summed E-state index contributed by atoms with van der Waals surface area (Å²) in [7, 11) is 0. The Balaban J connectivity index is 0. The van der Waals surface area contributed by atoms with E-state index in [1.165, 1.54) is 17.7 Å². The Morgan fingerprint density at radius 2 is 1.48 bits per heavy atom. The number of esters is 2. The highest BCUT2D eigenvalue weighted by atomic mass is 16.5. The molecule has 0 heterocycles. The third-order valence-corrected chi connectivity index (χ3v) is 2.23. The van der Waals surface area contributed by atoms with Crippen LogP contribution in [0.3, 0.4) is 0 Å². The molecule has 0 N–H and O–H groups in total. The summed E-state index contributed by atoms with van der Waals surface area (Å²) in [6.45, 7) is 19.1. The summed E-state index contributed by atoms with van der Waals surface area (Å²) >= 11 is 0. The van der Waals surface area contributed by atoms with Gasteiger partial charge in [0, 0.05) is 11.6 Å². The van der Waals surface area contributed by atoms with Gasteiger partial charge in [-0.15, -0.1) is 0 Å². The van der Waals surface area contributed by atoms with Gasteiger partial charge in [0.2, 0.25) is 0 Å². The highest BCUT2D eigenvalue weighted by Crippen LogP contribution is 1.97. The van der Waals surface area contributed by atoms with Gasteiger partial charge in [0.15, 0.2) is 0 Å². The van der Waals surface area contributed by atoms with Gasteiger partial charge in [-0.1, -0.05) is 81.5 Å². The van der Waals surface area contributed by atoms with Crippen molar-refractivity contribution in [1.29, 1.82) is 0 Å². The van der Waals surface area contributed by atoms with Gasteiger partial charge in [-0.3, -0.25) is 0 Å². The van der Waals surface area contributed by atoms with Crippen molar-refractivity contribution in [1.82, 2.24) is 0 Å². The van der Waals surface area contributed by atoms with Crippen LogP contribution in [0.25, 0.3) is 6.08 Å². The lowest BCUT2D eigenvalue weighted by atomic mass is 10.2. The molecule has 0 amide bonds. The SMILES string of the molecule is C=CCOC(=O)C(=C)C.C=CCOC(=O)C=C.C=Cc1ccccc1. The maximum Gasteiger partial charge on any atom is 0.333 e. The van der Waals surface area contributed by atoms with Crippen LogP contribution >= 0.6 is 0 Å². The molecule has 0 saturated carbocycles. The predicted octanol–water partition coefficient (Wildman–Crippen LogP) is 4.52. The molecule has 0 fully saturated rings. The van der Waals surface area contributed by atoms with Crippen LogP contribution in [0.1, 0.15) is 12.5 Å². The van der Waals surface area contributed by atoms with Gasteiger partial charge in [0.1, 0.15) is 13.2 Å². The van der Waals surface area contributed by atoms with Gasteiger partial charge < -0.3 is 9.47 Å². The van der Waals surface area contributed by atoms with E-state index in [9.17, 15) is 9.59 Å². The number of rotatable bonds is 7. The van der Waals surface area contributed by atoms with Crippen LogP contribution in [0, 0.1) is 0 Å². The number of ether oxygens (including phenoxy) is 2. The standard InChI is InChI=1S/C8H8.C7H10O2.C6H8O2/c1-2-8-6-4-3-5-7-8;1-4-5-9-7(8)6(2)3;1-3-5-8-6(7)4-2/h2-7H,1H2;4H,1-2,5H2,3H3;3-4H,1-2,5H2. The number of hydrogen-bond donors (Lipinski definition) is 0. The van der Waals surface area contributed by atoms with E-state index in [2.05, 4.69) is 42.4 Å². The maximum absolute atomic E-state index is 10.5. The Hall–Kier alpha value is -3.14. The van der Waals surface area contributed by atoms with E-state index in [0.717, 1.165) is 6.08 Å². The molecular formula is C21H26O4. The average Bonchev–Trinajstić information content (AvgIpc) is 2.65. The summed E-state index contributed by atoms with van der Waals surface area (Å²) in [4.78, 5) is 20.7. The third-order valence-electron chi connectivity index (χ3n) is 2.23. The average molecular weight is 342 g/mol. The van der Waals surface area contributed by atoms with E-state index in [1.807, 2.05) is 36.4 Å². The quantitative estimate of drug-likeness (QED) is 0.415.